The smallest absolute Gasteiger partial charge is 0.226 e. The van der Waals surface area contributed by atoms with Crippen molar-refractivity contribution in [2.24, 2.45) is 0 Å². The van der Waals surface area contributed by atoms with Crippen LogP contribution in [0, 0.1) is 0 Å². The van der Waals surface area contributed by atoms with E-state index in [-0.39, 0.29) is 6.61 Å². The van der Waals surface area contributed by atoms with Gasteiger partial charge in [-0.25, -0.2) is 0 Å². The first kappa shape index (κ1) is 14.0. The predicted molar refractivity (Wildman–Crippen MR) is 81.6 cm³/mol. The maximum Gasteiger partial charge on any atom is 0.226 e. The van der Waals surface area contributed by atoms with Crippen LogP contribution in [-0.2, 0) is 0 Å². The van der Waals surface area contributed by atoms with Crippen molar-refractivity contribution in [3.05, 3.63) is 6.20 Å². The molecule has 0 aromatic carbocycles. The monoisotopic (exact) mass is 291 g/mol. The van der Waals surface area contributed by atoms with Crippen LogP contribution in [0.2, 0.25) is 0 Å². The van der Waals surface area contributed by atoms with Gasteiger partial charge in [-0.15, -0.1) is 0 Å². The van der Waals surface area contributed by atoms with E-state index in [1.807, 2.05) is 6.92 Å². The average Bonchev–Trinajstić information content (AvgIpc) is 2.96. The largest absolute Gasteiger partial charge is 0.395 e. The molecule has 3 N–H and O–H groups in total. The van der Waals surface area contributed by atoms with Gasteiger partial charge in [-0.2, -0.15) is 15.1 Å². The van der Waals surface area contributed by atoms with E-state index in [0.29, 0.717) is 5.95 Å². The molecule has 8 nitrogen and oxygen atoms in total. The van der Waals surface area contributed by atoms with E-state index in [4.69, 9.17) is 5.11 Å². The summed E-state index contributed by atoms with van der Waals surface area (Å²) >= 11 is 0. The van der Waals surface area contributed by atoms with Crippen LogP contribution in [0.3, 0.4) is 0 Å². The predicted octanol–water partition coefficient (Wildman–Crippen LogP) is -0.101. The van der Waals surface area contributed by atoms with Crippen molar-refractivity contribution in [3.8, 4) is 0 Å². The van der Waals surface area contributed by atoms with Crippen molar-refractivity contribution in [3.63, 3.8) is 0 Å². The van der Waals surface area contributed by atoms with Crippen LogP contribution in [0.1, 0.15) is 6.92 Å². The van der Waals surface area contributed by atoms with E-state index in [1.165, 1.54) is 0 Å². The molecule has 0 radical (unpaired) electrons. The third kappa shape index (κ3) is 2.91. The molecule has 21 heavy (non-hydrogen) atoms. The second-order valence-electron chi connectivity index (χ2n) is 5.09. The van der Waals surface area contributed by atoms with Crippen molar-refractivity contribution in [2.45, 2.75) is 6.92 Å². The minimum absolute atomic E-state index is 0.212. The van der Waals surface area contributed by atoms with Crippen LogP contribution in [0.25, 0.3) is 11.0 Å². The standard InChI is InChI=1S/C13H21N7O/c1-2-14-13-16-11-10(9-15-18-11)12(17-13)20-5-3-19(4-6-20)7-8-21/h9,21H,2-8H2,1H3,(H2,14,15,16,17,18). The molecule has 0 bridgehead atoms. The second-order valence-corrected chi connectivity index (χ2v) is 5.09. The lowest BCUT2D eigenvalue weighted by Gasteiger charge is -2.35. The van der Waals surface area contributed by atoms with Crippen LogP contribution in [0.5, 0.6) is 0 Å². The Labute approximate surface area is 123 Å². The zero-order chi connectivity index (χ0) is 14.7. The summed E-state index contributed by atoms with van der Waals surface area (Å²) in [7, 11) is 0. The number of aliphatic hydroxyl groups excluding tert-OH is 1. The molecule has 0 aliphatic carbocycles. The van der Waals surface area contributed by atoms with Gasteiger partial charge in [0, 0.05) is 39.3 Å². The van der Waals surface area contributed by atoms with E-state index in [2.05, 4.69) is 35.3 Å². The van der Waals surface area contributed by atoms with E-state index >= 15 is 0 Å². The molecule has 0 amide bonds. The molecule has 0 spiro atoms. The lowest BCUT2D eigenvalue weighted by Crippen LogP contribution is -2.47. The van der Waals surface area contributed by atoms with Gasteiger partial charge in [0.05, 0.1) is 18.2 Å². The van der Waals surface area contributed by atoms with Crippen molar-refractivity contribution in [2.75, 3.05) is 56.1 Å². The molecular weight excluding hydrogens is 270 g/mol. The van der Waals surface area contributed by atoms with E-state index in [0.717, 1.165) is 56.1 Å². The Balaban J connectivity index is 1.84. The molecule has 0 saturated carbocycles. The molecule has 1 fully saturated rings. The minimum Gasteiger partial charge on any atom is -0.395 e. The number of nitrogens with one attached hydrogen (secondary N) is 2. The van der Waals surface area contributed by atoms with Gasteiger partial charge in [0.25, 0.3) is 0 Å². The Hall–Kier alpha value is -1.93. The van der Waals surface area contributed by atoms with Crippen molar-refractivity contribution >= 4 is 22.8 Å². The minimum atomic E-state index is 0.212. The summed E-state index contributed by atoms with van der Waals surface area (Å²) in [5.74, 6) is 1.55. The van der Waals surface area contributed by atoms with E-state index in [1.54, 1.807) is 6.20 Å². The van der Waals surface area contributed by atoms with E-state index < -0.39 is 0 Å². The van der Waals surface area contributed by atoms with Crippen LogP contribution >= 0.6 is 0 Å². The fraction of sp³-hybridized carbons (Fsp3) is 0.615. The molecular formula is C13H21N7O. The molecule has 1 saturated heterocycles. The number of hydrogen-bond donors (Lipinski definition) is 3. The summed E-state index contributed by atoms with van der Waals surface area (Å²) in [4.78, 5) is 13.6. The van der Waals surface area contributed by atoms with Crippen molar-refractivity contribution in [1.82, 2.24) is 25.1 Å². The van der Waals surface area contributed by atoms with Crippen molar-refractivity contribution < 1.29 is 5.11 Å². The van der Waals surface area contributed by atoms with Gasteiger partial charge in [-0.3, -0.25) is 10.00 Å². The number of hydrogen-bond acceptors (Lipinski definition) is 7. The fourth-order valence-electron chi connectivity index (χ4n) is 2.62. The number of aliphatic hydroxyl groups is 1. The zero-order valence-corrected chi connectivity index (χ0v) is 12.2. The fourth-order valence-corrected chi connectivity index (χ4v) is 2.62. The summed E-state index contributed by atoms with van der Waals surface area (Å²) in [5, 5.41) is 20.1. The quantitative estimate of drug-likeness (QED) is 0.708. The maximum atomic E-state index is 9.01. The molecule has 0 unspecified atom stereocenters. The molecule has 8 heteroatoms. The lowest BCUT2D eigenvalue weighted by molar-refractivity contribution is 0.188. The number of anilines is 2. The van der Waals surface area contributed by atoms with Gasteiger partial charge in [0.15, 0.2) is 5.65 Å². The highest BCUT2D eigenvalue weighted by Gasteiger charge is 2.21. The molecule has 2 aromatic heterocycles. The normalized spacial score (nSPS) is 16.6. The first-order valence-electron chi connectivity index (χ1n) is 7.35. The third-order valence-corrected chi connectivity index (χ3v) is 3.71. The number of aromatic nitrogens is 4. The third-order valence-electron chi connectivity index (χ3n) is 3.71. The highest BCUT2D eigenvalue weighted by molar-refractivity contribution is 5.87. The second kappa shape index (κ2) is 6.23. The van der Waals surface area contributed by atoms with E-state index in [9.17, 15) is 0 Å². The number of fused-ring (bicyclic) bond motifs is 1. The molecule has 3 heterocycles. The lowest BCUT2D eigenvalue weighted by atomic mass is 10.3. The summed E-state index contributed by atoms with van der Waals surface area (Å²) in [5.41, 5.74) is 0.758. The number of rotatable bonds is 5. The Morgan fingerprint density at radius 2 is 2.10 bits per heavy atom. The topological polar surface area (TPSA) is 93.2 Å². The van der Waals surface area contributed by atoms with Crippen molar-refractivity contribution in [1.29, 1.82) is 0 Å². The number of piperazine rings is 1. The Bertz CT molecular complexity index is 591. The molecule has 3 rings (SSSR count). The first-order valence-corrected chi connectivity index (χ1v) is 7.35. The van der Waals surface area contributed by atoms with Gasteiger partial charge in [-0.1, -0.05) is 0 Å². The highest BCUT2D eigenvalue weighted by atomic mass is 16.3. The van der Waals surface area contributed by atoms with Gasteiger partial charge in [-0.05, 0) is 6.92 Å². The summed E-state index contributed by atoms with van der Waals surface area (Å²) < 4.78 is 0. The number of β-amino-alcohol motifs (C(OH)–C–C–N with tert-alkyl or cyclic N) is 1. The molecule has 1 aliphatic rings. The summed E-state index contributed by atoms with van der Waals surface area (Å²) in [6.45, 7) is 7.40. The Kier molecular flexibility index (Phi) is 4.16. The molecule has 2 aromatic rings. The maximum absolute atomic E-state index is 9.01. The van der Waals surface area contributed by atoms with Gasteiger partial charge in [0.2, 0.25) is 5.95 Å². The number of H-pyrrole nitrogens is 1. The summed E-state index contributed by atoms with van der Waals surface area (Å²) in [6.07, 6.45) is 1.78. The van der Waals surface area contributed by atoms with Crippen LogP contribution < -0.4 is 10.2 Å². The molecule has 114 valence electrons. The van der Waals surface area contributed by atoms with Gasteiger partial charge >= 0.3 is 0 Å². The average molecular weight is 291 g/mol. The van der Waals surface area contributed by atoms with Crippen LogP contribution in [0.4, 0.5) is 11.8 Å². The van der Waals surface area contributed by atoms with Gasteiger partial charge in [0.1, 0.15) is 5.82 Å². The summed E-state index contributed by atoms with van der Waals surface area (Å²) in [6, 6.07) is 0. The zero-order valence-electron chi connectivity index (χ0n) is 12.2. The number of nitrogens with zero attached hydrogens (tertiary/aromatic N) is 5. The molecule has 1 aliphatic heterocycles. The number of aromatic amines is 1. The van der Waals surface area contributed by atoms with Crippen LogP contribution in [-0.4, -0.2) is 76.0 Å². The SMILES string of the molecule is CCNc1nc(N2CCN(CCO)CC2)c2cn[nH]c2n1. The van der Waals surface area contributed by atoms with Gasteiger partial charge < -0.3 is 15.3 Å². The molecule has 0 atom stereocenters. The van der Waals surface area contributed by atoms with Crippen LogP contribution in [0.15, 0.2) is 6.20 Å². The highest BCUT2D eigenvalue weighted by Crippen LogP contribution is 2.24. The Morgan fingerprint density at radius 3 is 2.81 bits per heavy atom. The Morgan fingerprint density at radius 1 is 1.29 bits per heavy atom. The first-order chi connectivity index (χ1) is 10.3.